The van der Waals surface area contributed by atoms with Crippen LogP contribution >= 0.6 is 0 Å². The van der Waals surface area contributed by atoms with Gasteiger partial charge < -0.3 is 4.74 Å². The van der Waals surface area contributed by atoms with Crippen LogP contribution in [0.2, 0.25) is 0 Å². The first-order valence-corrected chi connectivity index (χ1v) is 8.09. The zero-order chi connectivity index (χ0) is 14.0. The lowest BCUT2D eigenvalue weighted by Crippen LogP contribution is -2.40. The average molecular weight is 283 g/mol. The number of rotatable bonds is 4. The molecule has 4 nitrogen and oxygen atoms in total. The standard InChI is InChI=1S/C14H21NO3S/c1-10-6-7-14(11(2)9-10)19(16,17)15-12(3)13-5-4-8-18-13/h6-7,9,12-13,15H,4-5,8H2,1-3H3/t12-,13+/m1/s1. The summed E-state index contributed by atoms with van der Waals surface area (Å²) >= 11 is 0. The van der Waals surface area contributed by atoms with Crippen LogP contribution in [0, 0.1) is 13.8 Å². The molecule has 5 heteroatoms. The summed E-state index contributed by atoms with van der Waals surface area (Å²) in [6.07, 6.45) is 1.90. The molecule has 0 spiro atoms. The monoisotopic (exact) mass is 283 g/mol. The third-order valence-electron chi connectivity index (χ3n) is 3.48. The van der Waals surface area contributed by atoms with Gasteiger partial charge in [0.2, 0.25) is 10.0 Å². The maximum Gasteiger partial charge on any atom is 0.241 e. The normalized spacial score (nSPS) is 21.5. The Hall–Kier alpha value is -0.910. The highest BCUT2D eigenvalue weighted by Crippen LogP contribution is 2.20. The number of hydrogen-bond acceptors (Lipinski definition) is 3. The molecule has 19 heavy (non-hydrogen) atoms. The molecule has 1 saturated heterocycles. The third-order valence-corrected chi connectivity index (χ3v) is 5.20. The van der Waals surface area contributed by atoms with Crippen molar-refractivity contribution < 1.29 is 13.2 Å². The predicted octanol–water partition coefficient (Wildman–Crippen LogP) is 2.15. The van der Waals surface area contributed by atoms with Crippen molar-refractivity contribution in [3.8, 4) is 0 Å². The van der Waals surface area contributed by atoms with E-state index in [1.165, 1.54) is 0 Å². The van der Waals surface area contributed by atoms with Gasteiger partial charge in [-0.1, -0.05) is 17.7 Å². The summed E-state index contributed by atoms with van der Waals surface area (Å²) in [6.45, 7) is 6.35. The van der Waals surface area contributed by atoms with E-state index in [0.717, 1.165) is 30.6 Å². The van der Waals surface area contributed by atoms with Gasteiger partial charge in [0.05, 0.1) is 11.0 Å². The SMILES string of the molecule is Cc1ccc(S(=O)(=O)N[C@H](C)[C@@H]2CCCO2)c(C)c1. The van der Waals surface area contributed by atoms with Crippen LogP contribution in [-0.2, 0) is 14.8 Å². The Morgan fingerprint density at radius 2 is 2.11 bits per heavy atom. The van der Waals surface area contributed by atoms with Crippen LogP contribution in [0.1, 0.15) is 30.9 Å². The minimum atomic E-state index is -3.47. The molecule has 0 unspecified atom stereocenters. The average Bonchev–Trinajstić information content (AvgIpc) is 2.80. The first-order valence-electron chi connectivity index (χ1n) is 6.61. The Labute approximate surface area is 115 Å². The van der Waals surface area contributed by atoms with E-state index in [1.807, 2.05) is 32.9 Å². The lowest BCUT2D eigenvalue weighted by Gasteiger charge is -2.20. The first-order chi connectivity index (χ1) is 8.90. The summed E-state index contributed by atoms with van der Waals surface area (Å²) in [5.41, 5.74) is 1.83. The van der Waals surface area contributed by atoms with Gasteiger partial charge in [-0.3, -0.25) is 0 Å². The Kier molecular flexibility index (Phi) is 4.28. The van der Waals surface area contributed by atoms with E-state index < -0.39 is 10.0 Å². The van der Waals surface area contributed by atoms with Crippen molar-refractivity contribution in [2.45, 2.75) is 50.7 Å². The van der Waals surface area contributed by atoms with Crippen molar-refractivity contribution in [3.63, 3.8) is 0 Å². The molecule has 0 radical (unpaired) electrons. The topological polar surface area (TPSA) is 55.4 Å². The minimum absolute atomic E-state index is 0.0134. The van der Waals surface area contributed by atoms with Crippen LogP contribution in [0.25, 0.3) is 0 Å². The lowest BCUT2D eigenvalue weighted by molar-refractivity contribution is 0.0902. The predicted molar refractivity (Wildman–Crippen MR) is 74.7 cm³/mol. The number of ether oxygens (including phenoxy) is 1. The summed E-state index contributed by atoms with van der Waals surface area (Å²) in [5, 5.41) is 0. The van der Waals surface area contributed by atoms with E-state index in [1.54, 1.807) is 6.07 Å². The van der Waals surface area contributed by atoms with Crippen molar-refractivity contribution in [2.75, 3.05) is 6.61 Å². The van der Waals surface area contributed by atoms with Gasteiger partial charge in [0.25, 0.3) is 0 Å². The quantitative estimate of drug-likeness (QED) is 0.921. The van der Waals surface area contributed by atoms with Crippen molar-refractivity contribution in [3.05, 3.63) is 29.3 Å². The summed E-state index contributed by atoms with van der Waals surface area (Å²) in [7, 11) is -3.47. The van der Waals surface area contributed by atoms with Crippen LogP contribution in [0.15, 0.2) is 23.1 Å². The molecule has 1 aromatic rings. The van der Waals surface area contributed by atoms with E-state index in [4.69, 9.17) is 4.74 Å². The van der Waals surface area contributed by atoms with Crippen molar-refractivity contribution in [1.29, 1.82) is 0 Å². The molecular weight excluding hydrogens is 262 g/mol. The zero-order valence-electron chi connectivity index (χ0n) is 11.6. The van der Waals surface area contributed by atoms with Gasteiger partial charge in [0.1, 0.15) is 0 Å². The Morgan fingerprint density at radius 1 is 1.37 bits per heavy atom. The molecular formula is C14H21NO3S. The molecule has 0 aromatic heterocycles. The van der Waals surface area contributed by atoms with E-state index in [0.29, 0.717) is 4.90 Å². The summed E-state index contributed by atoms with van der Waals surface area (Å²) in [6, 6.07) is 5.16. The van der Waals surface area contributed by atoms with E-state index >= 15 is 0 Å². The van der Waals surface area contributed by atoms with Gasteiger partial charge in [-0.25, -0.2) is 13.1 Å². The minimum Gasteiger partial charge on any atom is -0.377 e. The number of nitrogens with one attached hydrogen (secondary N) is 1. The molecule has 1 aliphatic heterocycles. The number of sulfonamides is 1. The first kappa shape index (κ1) is 14.5. The number of hydrogen-bond donors (Lipinski definition) is 1. The van der Waals surface area contributed by atoms with Crippen molar-refractivity contribution in [1.82, 2.24) is 4.72 Å². The maximum absolute atomic E-state index is 12.4. The second-order valence-electron chi connectivity index (χ2n) is 5.23. The Bertz CT molecular complexity index is 548. The van der Waals surface area contributed by atoms with Crippen LogP contribution in [-0.4, -0.2) is 27.2 Å². The Morgan fingerprint density at radius 3 is 2.68 bits per heavy atom. The molecule has 106 valence electrons. The fourth-order valence-electron chi connectivity index (χ4n) is 2.48. The van der Waals surface area contributed by atoms with Gasteiger partial charge in [0.15, 0.2) is 0 Å². The van der Waals surface area contributed by atoms with Crippen LogP contribution in [0.4, 0.5) is 0 Å². The second-order valence-corrected chi connectivity index (χ2v) is 6.91. The smallest absolute Gasteiger partial charge is 0.241 e. The van der Waals surface area contributed by atoms with Gasteiger partial charge in [0, 0.05) is 12.6 Å². The molecule has 1 aliphatic rings. The summed E-state index contributed by atoms with van der Waals surface area (Å²) in [4.78, 5) is 0.350. The highest BCUT2D eigenvalue weighted by atomic mass is 32.2. The molecule has 1 heterocycles. The fourth-order valence-corrected chi connectivity index (χ4v) is 3.98. The third kappa shape index (κ3) is 3.35. The zero-order valence-corrected chi connectivity index (χ0v) is 12.5. The van der Waals surface area contributed by atoms with Crippen LogP contribution in [0.5, 0.6) is 0 Å². The highest BCUT2D eigenvalue weighted by Gasteiger charge is 2.27. The van der Waals surface area contributed by atoms with Crippen LogP contribution in [0.3, 0.4) is 0 Å². The van der Waals surface area contributed by atoms with Crippen molar-refractivity contribution in [2.24, 2.45) is 0 Å². The molecule has 1 fully saturated rings. The lowest BCUT2D eigenvalue weighted by atomic mass is 10.1. The highest BCUT2D eigenvalue weighted by molar-refractivity contribution is 7.89. The maximum atomic E-state index is 12.4. The van der Waals surface area contributed by atoms with Gasteiger partial charge >= 0.3 is 0 Å². The molecule has 2 rings (SSSR count). The molecule has 1 aromatic carbocycles. The molecule has 2 atom stereocenters. The van der Waals surface area contributed by atoms with Crippen molar-refractivity contribution >= 4 is 10.0 Å². The molecule has 0 amide bonds. The van der Waals surface area contributed by atoms with E-state index in [-0.39, 0.29) is 12.1 Å². The molecule has 0 saturated carbocycles. The molecule has 0 aliphatic carbocycles. The van der Waals surface area contributed by atoms with Gasteiger partial charge in [-0.2, -0.15) is 0 Å². The largest absolute Gasteiger partial charge is 0.377 e. The fraction of sp³-hybridized carbons (Fsp3) is 0.571. The molecule has 1 N–H and O–H groups in total. The summed E-state index contributed by atoms with van der Waals surface area (Å²) < 4.78 is 33.0. The van der Waals surface area contributed by atoms with Gasteiger partial charge in [-0.15, -0.1) is 0 Å². The Balaban J connectivity index is 2.17. The summed E-state index contributed by atoms with van der Waals surface area (Å²) in [5.74, 6) is 0. The second kappa shape index (κ2) is 5.61. The number of benzene rings is 1. The van der Waals surface area contributed by atoms with E-state index in [9.17, 15) is 8.42 Å². The molecule has 0 bridgehead atoms. The van der Waals surface area contributed by atoms with Gasteiger partial charge in [-0.05, 0) is 45.2 Å². The van der Waals surface area contributed by atoms with E-state index in [2.05, 4.69) is 4.72 Å². The van der Waals surface area contributed by atoms with Crippen LogP contribution < -0.4 is 4.72 Å². The number of aryl methyl sites for hydroxylation is 2.